The quantitative estimate of drug-likeness (QED) is 0.690. The molecule has 0 aliphatic carbocycles. The molecule has 0 fully saturated rings. The van der Waals surface area contributed by atoms with E-state index in [9.17, 15) is 14.9 Å². The third kappa shape index (κ3) is 3.44. The van der Waals surface area contributed by atoms with E-state index in [1.54, 1.807) is 25.1 Å². The maximum Gasteiger partial charge on any atom is 0.312 e. The summed E-state index contributed by atoms with van der Waals surface area (Å²) < 4.78 is 5.59. The van der Waals surface area contributed by atoms with Crippen LogP contribution in [0.2, 0.25) is 0 Å². The Labute approximate surface area is 132 Å². The molecule has 0 radical (unpaired) electrons. The molecule has 7 heteroatoms. The summed E-state index contributed by atoms with van der Waals surface area (Å²) in [4.78, 5) is 22.2. The molecular weight excluding hydrogens is 298 g/mol. The summed E-state index contributed by atoms with van der Waals surface area (Å²) in [5.74, 6) is 0.00413. The second-order valence-corrected chi connectivity index (χ2v) is 4.71. The van der Waals surface area contributed by atoms with Gasteiger partial charge in [-0.25, -0.2) is 0 Å². The summed E-state index contributed by atoms with van der Waals surface area (Å²) in [6.07, 6.45) is 0. The molecule has 2 rings (SSSR count). The van der Waals surface area contributed by atoms with Crippen LogP contribution in [0.3, 0.4) is 0 Å². The van der Waals surface area contributed by atoms with Crippen LogP contribution in [-0.4, -0.2) is 17.9 Å². The van der Waals surface area contributed by atoms with Crippen molar-refractivity contribution in [2.45, 2.75) is 6.92 Å². The van der Waals surface area contributed by atoms with Gasteiger partial charge in [0, 0.05) is 18.7 Å². The van der Waals surface area contributed by atoms with Gasteiger partial charge in [-0.2, -0.15) is 5.26 Å². The van der Waals surface area contributed by atoms with E-state index in [-0.39, 0.29) is 17.0 Å². The van der Waals surface area contributed by atoms with Crippen LogP contribution in [0.1, 0.15) is 21.5 Å². The lowest BCUT2D eigenvalue weighted by molar-refractivity contribution is -0.385. The molecule has 0 saturated heterocycles. The Morgan fingerprint density at radius 1 is 1.26 bits per heavy atom. The van der Waals surface area contributed by atoms with E-state index in [2.05, 4.69) is 5.32 Å². The first-order valence-electron chi connectivity index (χ1n) is 6.65. The minimum absolute atomic E-state index is 0.0236. The summed E-state index contributed by atoms with van der Waals surface area (Å²) in [6, 6.07) is 10.7. The van der Waals surface area contributed by atoms with Gasteiger partial charge in [-0.05, 0) is 42.8 Å². The third-order valence-electron chi connectivity index (χ3n) is 3.17. The lowest BCUT2D eigenvalue weighted by atomic mass is 10.1. The molecule has 0 spiro atoms. The normalized spacial score (nSPS) is 9.78. The monoisotopic (exact) mass is 311 g/mol. The zero-order valence-electron chi connectivity index (χ0n) is 12.5. The number of hydrogen-bond acceptors (Lipinski definition) is 5. The Balaban J connectivity index is 2.42. The number of hydrogen-bond donors (Lipinski definition) is 1. The van der Waals surface area contributed by atoms with E-state index < -0.39 is 10.8 Å². The van der Waals surface area contributed by atoms with Gasteiger partial charge in [0.15, 0.2) is 0 Å². The van der Waals surface area contributed by atoms with Gasteiger partial charge in [0.2, 0.25) is 5.75 Å². The molecule has 2 aromatic rings. The molecule has 1 amide bonds. The van der Waals surface area contributed by atoms with Gasteiger partial charge in [-0.3, -0.25) is 14.9 Å². The summed E-state index contributed by atoms with van der Waals surface area (Å²) in [5.41, 5.74) is 1.01. The van der Waals surface area contributed by atoms with Crippen LogP contribution in [0.4, 0.5) is 5.69 Å². The largest absolute Gasteiger partial charge is 0.450 e. The molecule has 0 heterocycles. The zero-order chi connectivity index (χ0) is 17.0. The van der Waals surface area contributed by atoms with Gasteiger partial charge in [-0.15, -0.1) is 0 Å². The molecule has 23 heavy (non-hydrogen) atoms. The van der Waals surface area contributed by atoms with Crippen LogP contribution < -0.4 is 10.1 Å². The van der Waals surface area contributed by atoms with Crippen molar-refractivity contribution in [3.8, 4) is 17.6 Å². The number of nitrogens with zero attached hydrogens (tertiary/aromatic N) is 2. The predicted octanol–water partition coefficient (Wildman–Crippen LogP) is 2.93. The maximum atomic E-state index is 11.6. The van der Waals surface area contributed by atoms with Crippen molar-refractivity contribution in [1.82, 2.24) is 5.32 Å². The van der Waals surface area contributed by atoms with Crippen LogP contribution in [-0.2, 0) is 0 Å². The Hall–Kier alpha value is -3.40. The first kappa shape index (κ1) is 16.0. The first-order valence-corrected chi connectivity index (χ1v) is 6.65. The smallest absolute Gasteiger partial charge is 0.312 e. The first-order chi connectivity index (χ1) is 11.0. The number of carbonyl (C=O) groups is 1. The minimum Gasteiger partial charge on any atom is -0.450 e. The van der Waals surface area contributed by atoms with Crippen molar-refractivity contribution < 1.29 is 14.5 Å². The molecule has 0 aliphatic heterocycles. The number of nitro benzene ring substituents is 1. The highest BCUT2D eigenvalue weighted by molar-refractivity contribution is 5.95. The van der Waals surface area contributed by atoms with Gasteiger partial charge in [-0.1, -0.05) is 0 Å². The number of benzene rings is 2. The predicted molar refractivity (Wildman–Crippen MR) is 82.5 cm³/mol. The number of nitriles is 1. The van der Waals surface area contributed by atoms with Gasteiger partial charge < -0.3 is 10.1 Å². The highest BCUT2D eigenvalue weighted by Gasteiger charge is 2.19. The van der Waals surface area contributed by atoms with Gasteiger partial charge in [0.05, 0.1) is 16.6 Å². The van der Waals surface area contributed by atoms with Crippen molar-refractivity contribution in [3.05, 3.63) is 63.2 Å². The third-order valence-corrected chi connectivity index (χ3v) is 3.17. The summed E-state index contributed by atoms with van der Waals surface area (Å²) in [6.45, 7) is 1.74. The molecule has 7 nitrogen and oxygen atoms in total. The average molecular weight is 311 g/mol. The lowest BCUT2D eigenvalue weighted by Crippen LogP contribution is -2.17. The molecular formula is C16H13N3O4. The van der Waals surface area contributed by atoms with Gasteiger partial charge in [0.25, 0.3) is 5.91 Å². The van der Waals surface area contributed by atoms with Crippen LogP contribution in [0.25, 0.3) is 0 Å². The van der Waals surface area contributed by atoms with Crippen molar-refractivity contribution in [2.75, 3.05) is 7.05 Å². The number of rotatable bonds is 4. The summed E-state index contributed by atoms with van der Waals surface area (Å²) in [5, 5.41) is 22.5. The Morgan fingerprint density at radius 2 is 1.96 bits per heavy atom. The van der Waals surface area contributed by atoms with E-state index >= 15 is 0 Å². The van der Waals surface area contributed by atoms with E-state index in [1.807, 2.05) is 6.07 Å². The fourth-order valence-corrected chi connectivity index (χ4v) is 1.98. The summed E-state index contributed by atoms with van der Waals surface area (Å²) in [7, 11) is 1.44. The molecule has 0 bridgehead atoms. The minimum atomic E-state index is -0.610. The van der Waals surface area contributed by atoms with E-state index in [0.29, 0.717) is 16.9 Å². The molecule has 1 N–H and O–H groups in total. The second-order valence-electron chi connectivity index (χ2n) is 4.71. The topological polar surface area (TPSA) is 105 Å². The number of carbonyl (C=O) groups excluding carboxylic acids is 1. The number of nitrogens with one attached hydrogen (secondary N) is 1. The van der Waals surface area contributed by atoms with Crippen LogP contribution >= 0.6 is 0 Å². The van der Waals surface area contributed by atoms with Gasteiger partial charge in [0.1, 0.15) is 5.75 Å². The number of ether oxygens (including phenoxy) is 1. The Kier molecular flexibility index (Phi) is 4.57. The van der Waals surface area contributed by atoms with E-state index in [4.69, 9.17) is 10.00 Å². The van der Waals surface area contributed by atoms with Crippen molar-refractivity contribution in [1.29, 1.82) is 5.26 Å². The molecule has 2 aromatic carbocycles. The fourth-order valence-electron chi connectivity index (χ4n) is 1.98. The Bertz CT molecular complexity index is 825. The molecule has 0 unspecified atom stereocenters. The fraction of sp³-hybridized carbons (Fsp3) is 0.125. The Morgan fingerprint density at radius 3 is 2.52 bits per heavy atom. The highest BCUT2D eigenvalue weighted by atomic mass is 16.6. The van der Waals surface area contributed by atoms with Crippen molar-refractivity contribution in [2.24, 2.45) is 0 Å². The zero-order valence-corrected chi connectivity index (χ0v) is 12.5. The van der Waals surface area contributed by atoms with Crippen molar-refractivity contribution in [3.63, 3.8) is 0 Å². The summed E-state index contributed by atoms with van der Waals surface area (Å²) >= 11 is 0. The second kappa shape index (κ2) is 6.58. The van der Waals surface area contributed by atoms with E-state index in [1.165, 1.54) is 19.2 Å². The number of aryl methyl sites for hydroxylation is 1. The van der Waals surface area contributed by atoms with Gasteiger partial charge >= 0.3 is 5.69 Å². The maximum absolute atomic E-state index is 11.6. The molecule has 0 saturated carbocycles. The molecule has 0 atom stereocenters. The number of amides is 1. The van der Waals surface area contributed by atoms with E-state index in [0.717, 1.165) is 6.07 Å². The standard InChI is InChI=1S/C16H13N3O4/c1-10-7-11(9-17)3-5-14(10)23-15-6-4-12(16(20)18-2)8-13(15)19(21)22/h3-8H,1-2H3,(H,18,20). The lowest BCUT2D eigenvalue weighted by Gasteiger charge is -2.10. The molecule has 0 aromatic heterocycles. The van der Waals surface area contributed by atoms with Crippen LogP contribution in [0, 0.1) is 28.4 Å². The number of nitro groups is 1. The van der Waals surface area contributed by atoms with Crippen molar-refractivity contribution >= 4 is 11.6 Å². The average Bonchev–Trinajstić information content (AvgIpc) is 2.55. The van der Waals surface area contributed by atoms with Crippen LogP contribution in [0.5, 0.6) is 11.5 Å². The molecule has 0 aliphatic rings. The molecule has 116 valence electrons. The van der Waals surface area contributed by atoms with Crippen LogP contribution in [0.15, 0.2) is 36.4 Å². The highest BCUT2D eigenvalue weighted by Crippen LogP contribution is 2.33. The SMILES string of the molecule is CNC(=O)c1ccc(Oc2ccc(C#N)cc2C)c([N+](=O)[O-])c1.